The van der Waals surface area contributed by atoms with Crippen LogP contribution in [0.2, 0.25) is 0 Å². The summed E-state index contributed by atoms with van der Waals surface area (Å²) in [7, 11) is -2.67. The Hall–Kier alpha value is -7.73. The van der Waals surface area contributed by atoms with Crippen LogP contribution in [0.1, 0.15) is 0 Å². The molecule has 3 heterocycles. The zero-order valence-electron chi connectivity index (χ0n) is 32.7. The number of nitrogens with zero attached hydrogens (tertiary/aromatic N) is 4. The number of aromatic nitrogens is 4. The normalized spacial score (nSPS) is 12.0. The predicted molar refractivity (Wildman–Crippen MR) is 253 cm³/mol. The summed E-state index contributed by atoms with van der Waals surface area (Å²) >= 11 is 0. The molecule has 0 saturated heterocycles. The van der Waals surface area contributed by atoms with Crippen LogP contribution in [0, 0.1) is 0 Å². The van der Waals surface area contributed by atoms with E-state index in [4.69, 9.17) is 4.98 Å². The van der Waals surface area contributed by atoms with Crippen LogP contribution in [0.4, 0.5) is 0 Å². The van der Waals surface area contributed by atoms with Gasteiger partial charge in [0, 0.05) is 22.0 Å². The van der Waals surface area contributed by atoms with Crippen molar-refractivity contribution in [1.29, 1.82) is 0 Å². The van der Waals surface area contributed by atoms with Crippen LogP contribution in [0.5, 0.6) is 0 Å². The summed E-state index contributed by atoms with van der Waals surface area (Å²) in [4.78, 5) is 5.33. The summed E-state index contributed by atoms with van der Waals surface area (Å²) in [5.41, 5.74) is 11.1. The van der Waals surface area contributed by atoms with E-state index in [0.717, 1.165) is 50.3 Å². The monoisotopic (exact) mass is 782 g/mol. The van der Waals surface area contributed by atoms with E-state index >= 15 is 0 Å². The molecule has 3 aromatic heterocycles. The van der Waals surface area contributed by atoms with Gasteiger partial charge in [-0.1, -0.05) is 182 Å². The summed E-state index contributed by atoms with van der Waals surface area (Å²) in [6.07, 6.45) is 0. The van der Waals surface area contributed by atoms with E-state index in [-0.39, 0.29) is 0 Å². The van der Waals surface area contributed by atoms with Crippen LogP contribution in [0.25, 0.3) is 72.2 Å². The van der Waals surface area contributed by atoms with Gasteiger partial charge in [-0.05, 0) is 74.8 Å². The molecule has 0 saturated carbocycles. The first-order chi connectivity index (χ1) is 29.8. The van der Waals surface area contributed by atoms with Gasteiger partial charge < -0.3 is 4.57 Å². The molecule has 282 valence electrons. The third kappa shape index (κ3) is 5.06. The maximum Gasteiger partial charge on any atom is 0.220 e. The van der Waals surface area contributed by atoms with Gasteiger partial charge in [-0.15, -0.1) is 0 Å². The van der Waals surface area contributed by atoms with E-state index in [0.29, 0.717) is 0 Å². The van der Waals surface area contributed by atoms with Crippen LogP contribution in [0.3, 0.4) is 0 Å². The smallest absolute Gasteiger partial charge is 0.220 e. The van der Waals surface area contributed by atoms with E-state index < -0.39 is 8.07 Å². The summed E-state index contributed by atoms with van der Waals surface area (Å²) in [5.74, 6) is 0.887. The fourth-order valence-electron chi connectivity index (χ4n) is 9.84. The van der Waals surface area contributed by atoms with Crippen LogP contribution < -0.4 is 20.7 Å². The molecule has 0 unspecified atom stereocenters. The standard InChI is InChI=1S/C55H38N4Si/c1-4-18-41(19-5-1)60(42-20-6-2-7-21-42,43-22-8-3-9-23-43)44-35-32-39(33-36-44)45-24-10-14-28-49(45)58-53-37-34-40(38-54(53)59-52-31-17-13-27-48(52)56-55(58)59)57-50-29-15-11-25-46(50)47-26-12-16-30-51(47)57/h1-38H. The molecular weight excluding hydrogens is 745 g/mol. The summed E-state index contributed by atoms with van der Waals surface area (Å²) < 4.78 is 7.08. The molecule has 0 spiro atoms. The number of hydrogen-bond donors (Lipinski definition) is 0. The molecule has 9 aromatic carbocycles. The molecule has 0 aliphatic carbocycles. The lowest BCUT2D eigenvalue weighted by molar-refractivity contribution is 1.11. The molecule has 0 radical (unpaired) electrons. The molecule has 0 amide bonds. The number of benzene rings is 9. The SMILES string of the molecule is c1ccc([Si](c2ccccc2)(c2ccccc2)c2ccc(-c3ccccc3-n3c4ccc(-n5c6ccccc6c6ccccc65)cc4n4c5ccccc5nc34)cc2)cc1. The fourth-order valence-corrected chi connectivity index (χ4v) is 14.6. The molecule has 4 nitrogen and oxygen atoms in total. The first kappa shape index (κ1) is 34.3. The van der Waals surface area contributed by atoms with Gasteiger partial charge in [0.15, 0.2) is 8.07 Å². The van der Waals surface area contributed by atoms with Crippen molar-refractivity contribution in [2.45, 2.75) is 0 Å². The first-order valence-electron chi connectivity index (χ1n) is 20.6. The number of fused-ring (bicyclic) bond motifs is 8. The molecule has 0 atom stereocenters. The Morgan fingerprint density at radius 2 is 0.850 bits per heavy atom. The minimum Gasteiger partial charge on any atom is -0.309 e. The Labute approximate surface area is 348 Å². The van der Waals surface area contributed by atoms with Gasteiger partial charge in [-0.3, -0.25) is 8.97 Å². The first-order valence-corrected chi connectivity index (χ1v) is 22.6. The maximum atomic E-state index is 5.33. The van der Waals surface area contributed by atoms with E-state index in [1.54, 1.807) is 0 Å². The minimum absolute atomic E-state index is 0.887. The average Bonchev–Trinajstić information content (AvgIpc) is 3.97. The molecule has 0 N–H and O–H groups in total. The molecule has 5 heteroatoms. The van der Waals surface area contributed by atoms with Crippen molar-refractivity contribution in [3.63, 3.8) is 0 Å². The predicted octanol–water partition coefficient (Wildman–Crippen LogP) is 10.6. The molecule has 0 bridgehead atoms. The van der Waals surface area contributed by atoms with Crippen molar-refractivity contribution in [2.75, 3.05) is 0 Å². The lowest BCUT2D eigenvalue weighted by Crippen LogP contribution is -2.74. The van der Waals surface area contributed by atoms with Crippen molar-refractivity contribution in [1.82, 2.24) is 18.5 Å². The second kappa shape index (κ2) is 13.7. The molecule has 0 aliphatic heterocycles. The maximum absolute atomic E-state index is 5.33. The van der Waals surface area contributed by atoms with E-state index in [1.165, 1.54) is 42.6 Å². The molecule has 12 rings (SSSR count). The molecular formula is C55H38N4Si. The zero-order chi connectivity index (χ0) is 39.6. The number of imidazole rings is 2. The third-order valence-corrected chi connectivity index (χ3v) is 17.2. The quantitative estimate of drug-likeness (QED) is 0.117. The van der Waals surface area contributed by atoms with Gasteiger partial charge in [0.1, 0.15) is 0 Å². The van der Waals surface area contributed by atoms with Crippen molar-refractivity contribution in [2.24, 2.45) is 0 Å². The van der Waals surface area contributed by atoms with Crippen LogP contribution >= 0.6 is 0 Å². The number of hydrogen-bond acceptors (Lipinski definition) is 1. The van der Waals surface area contributed by atoms with Crippen molar-refractivity contribution >= 4 is 78.5 Å². The van der Waals surface area contributed by atoms with Crippen LogP contribution in [-0.2, 0) is 0 Å². The van der Waals surface area contributed by atoms with Crippen molar-refractivity contribution < 1.29 is 0 Å². The zero-order valence-corrected chi connectivity index (χ0v) is 33.7. The lowest BCUT2D eigenvalue weighted by atomic mass is 10.0. The summed E-state index contributed by atoms with van der Waals surface area (Å²) in [6, 6.07) is 84.3. The summed E-state index contributed by atoms with van der Waals surface area (Å²) in [5, 5.41) is 7.94. The van der Waals surface area contributed by atoms with E-state index in [9.17, 15) is 0 Å². The van der Waals surface area contributed by atoms with Crippen LogP contribution in [0.15, 0.2) is 231 Å². The highest BCUT2D eigenvalue weighted by atomic mass is 28.3. The Balaban J connectivity index is 1.07. The lowest BCUT2D eigenvalue weighted by Gasteiger charge is -2.34. The van der Waals surface area contributed by atoms with Crippen molar-refractivity contribution in [3.05, 3.63) is 231 Å². The van der Waals surface area contributed by atoms with Gasteiger partial charge in [-0.2, -0.15) is 0 Å². The second-order valence-electron chi connectivity index (χ2n) is 15.6. The third-order valence-electron chi connectivity index (χ3n) is 12.4. The summed E-state index contributed by atoms with van der Waals surface area (Å²) in [6.45, 7) is 0. The number of rotatable bonds is 7. The number of para-hydroxylation sites is 5. The minimum atomic E-state index is -2.67. The second-order valence-corrected chi connectivity index (χ2v) is 19.4. The van der Waals surface area contributed by atoms with Crippen LogP contribution in [-0.4, -0.2) is 26.6 Å². The molecule has 0 aliphatic rings. The highest BCUT2D eigenvalue weighted by Crippen LogP contribution is 2.37. The average molecular weight is 783 g/mol. The Morgan fingerprint density at radius 3 is 1.47 bits per heavy atom. The Morgan fingerprint density at radius 1 is 0.350 bits per heavy atom. The van der Waals surface area contributed by atoms with Gasteiger partial charge in [-0.25, -0.2) is 4.98 Å². The Bertz CT molecular complexity index is 3380. The van der Waals surface area contributed by atoms with Gasteiger partial charge in [0.05, 0.1) is 38.8 Å². The van der Waals surface area contributed by atoms with Crippen molar-refractivity contribution in [3.8, 4) is 22.5 Å². The van der Waals surface area contributed by atoms with Gasteiger partial charge >= 0.3 is 0 Å². The Kier molecular flexibility index (Phi) is 7.83. The molecule has 60 heavy (non-hydrogen) atoms. The highest BCUT2D eigenvalue weighted by molar-refractivity contribution is 7.19. The highest BCUT2D eigenvalue weighted by Gasteiger charge is 2.41. The van der Waals surface area contributed by atoms with Gasteiger partial charge in [0.2, 0.25) is 5.78 Å². The van der Waals surface area contributed by atoms with Gasteiger partial charge in [0.25, 0.3) is 0 Å². The molecule has 0 fully saturated rings. The van der Waals surface area contributed by atoms with E-state index in [1.807, 2.05) is 0 Å². The largest absolute Gasteiger partial charge is 0.309 e. The fraction of sp³-hybridized carbons (Fsp3) is 0. The molecule has 12 aromatic rings. The topological polar surface area (TPSA) is 27.2 Å². The van der Waals surface area contributed by atoms with E-state index in [2.05, 4.69) is 244 Å².